The standard InChI is InChI=1S/C30H28F4O4/c1-4-36-24-13-12-21(17(3)27(24)32)20-10-11-22(23(31)16-20)18-6-8-19(9-7-18)30(35)38-26-15-14-25(37-5-2)28(33)29(26)34/h6,10-16,19H,4-5,7-9H2,1-3H3. The number of benzene rings is 3. The Hall–Kier alpha value is -3.81. The van der Waals surface area contributed by atoms with Crippen LogP contribution in [0.1, 0.15) is 44.2 Å². The summed E-state index contributed by atoms with van der Waals surface area (Å²) in [5.41, 5.74) is 2.59. The molecular formula is C30H28F4O4. The van der Waals surface area contributed by atoms with Crippen LogP contribution in [0, 0.1) is 36.1 Å². The van der Waals surface area contributed by atoms with Crippen LogP contribution in [0.15, 0.2) is 48.5 Å². The Labute approximate surface area is 218 Å². The summed E-state index contributed by atoms with van der Waals surface area (Å²) in [5.74, 6) is -5.33. The second kappa shape index (κ2) is 11.7. The summed E-state index contributed by atoms with van der Waals surface area (Å²) in [4.78, 5) is 12.6. The number of halogens is 4. The average molecular weight is 529 g/mol. The number of esters is 1. The maximum Gasteiger partial charge on any atom is 0.314 e. The highest BCUT2D eigenvalue weighted by Gasteiger charge is 2.27. The monoisotopic (exact) mass is 528 g/mol. The molecule has 8 heteroatoms. The molecule has 0 saturated carbocycles. The van der Waals surface area contributed by atoms with Gasteiger partial charge in [-0.05, 0) is 86.6 Å². The predicted molar refractivity (Wildman–Crippen MR) is 136 cm³/mol. The summed E-state index contributed by atoms with van der Waals surface area (Å²) in [6.45, 7) is 5.53. The molecule has 0 N–H and O–H groups in total. The maximum absolute atomic E-state index is 15.1. The summed E-state index contributed by atoms with van der Waals surface area (Å²) in [6, 6.07) is 10.3. The first-order chi connectivity index (χ1) is 18.2. The largest absolute Gasteiger partial charge is 0.491 e. The highest BCUT2D eigenvalue weighted by molar-refractivity contribution is 5.78. The van der Waals surface area contributed by atoms with Gasteiger partial charge in [0.2, 0.25) is 11.6 Å². The van der Waals surface area contributed by atoms with Gasteiger partial charge in [0, 0.05) is 5.56 Å². The molecule has 0 saturated heterocycles. The second-order valence-electron chi connectivity index (χ2n) is 8.92. The first-order valence-electron chi connectivity index (χ1n) is 12.5. The topological polar surface area (TPSA) is 44.8 Å². The van der Waals surface area contributed by atoms with Crippen LogP contribution in [0.5, 0.6) is 17.2 Å². The normalized spacial score (nSPS) is 15.1. The molecule has 0 spiro atoms. The molecule has 0 heterocycles. The van der Waals surface area contributed by atoms with Crippen LogP contribution in [0.3, 0.4) is 0 Å². The highest BCUT2D eigenvalue weighted by atomic mass is 19.2. The zero-order valence-corrected chi connectivity index (χ0v) is 21.4. The van der Waals surface area contributed by atoms with Crippen LogP contribution in [-0.2, 0) is 4.79 Å². The minimum Gasteiger partial charge on any atom is -0.491 e. The lowest BCUT2D eigenvalue weighted by molar-refractivity contribution is -0.139. The zero-order chi connectivity index (χ0) is 27.4. The van der Waals surface area contributed by atoms with E-state index in [1.807, 2.05) is 0 Å². The van der Waals surface area contributed by atoms with Gasteiger partial charge in [0.05, 0.1) is 19.1 Å². The van der Waals surface area contributed by atoms with Crippen molar-refractivity contribution in [2.45, 2.75) is 40.0 Å². The first kappa shape index (κ1) is 27.2. The molecule has 0 amide bonds. The molecule has 3 aromatic carbocycles. The van der Waals surface area contributed by atoms with E-state index in [0.29, 0.717) is 41.7 Å². The number of rotatable bonds is 8. The van der Waals surface area contributed by atoms with Crippen LogP contribution in [-0.4, -0.2) is 19.2 Å². The van der Waals surface area contributed by atoms with Crippen molar-refractivity contribution in [3.8, 4) is 28.4 Å². The fourth-order valence-electron chi connectivity index (χ4n) is 4.53. The van der Waals surface area contributed by atoms with Crippen molar-refractivity contribution in [1.29, 1.82) is 0 Å². The van der Waals surface area contributed by atoms with Gasteiger partial charge in [0.1, 0.15) is 5.82 Å². The number of carbonyl (C=O) groups is 1. The van der Waals surface area contributed by atoms with Crippen LogP contribution in [0.25, 0.3) is 16.7 Å². The molecule has 1 unspecified atom stereocenters. The van der Waals surface area contributed by atoms with Gasteiger partial charge in [0.15, 0.2) is 23.1 Å². The molecule has 0 aromatic heterocycles. The van der Waals surface area contributed by atoms with Crippen LogP contribution >= 0.6 is 0 Å². The fourth-order valence-corrected chi connectivity index (χ4v) is 4.53. The van der Waals surface area contributed by atoms with E-state index in [-0.39, 0.29) is 24.5 Å². The van der Waals surface area contributed by atoms with Crippen LogP contribution in [0.4, 0.5) is 17.6 Å². The zero-order valence-electron chi connectivity index (χ0n) is 21.4. The van der Waals surface area contributed by atoms with E-state index in [0.717, 1.165) is 11.6 Å². The van der Waals surface area contributed by atoms with Gasteiger partial charge in [-0.15, -0.1) is 0 Å². The van der Waals surface area contributed by atoms with Crippen molar-refractivity contribution in [3.05, 3.63) is 82.9 Å². The summed E-state index contributed by atoms with van der Waals surface area (Å²) < 4.78 is 73.5. The lowest BCUT2D eigenvalue weighted by atomic mass is 9.86. The van der Waals surface area contributed by atoms with Crippen molar-refractivity contribution >= 4 is 11.5 Å². The predicted octanol–water partition coefficient (Wildman–Crippen LogP) is 7.80. The van der Waals surface area contributed by atoms with Gasteiger partial charge in [0.25, 0.3) is 0 Å². The van der Waals surface area contributed by atoms with E-state index in [4.69, 9.17) is 14.2 Å². The number of ether oxygens (including phenoxy) is 3. The van der Waals surface area contributed by atoms with Crippen molar-refractivity contribution in [1.82, 2.24) is 0 Å². The number of hydrogen-bond acceptors (Lipinski definition) is 4. The first-order valence-corrected chi connectivity index (χ1v) is 12.5. The molecule has 4 nitrogen and oxygen atoms in total. The Morgan fingerprint density at radius 2 is 1.45 bits per heavy atom. The van der Waals surface area contributed by atoms with E-state index in [1.165, 1.54) is 18.2 Å². The Morgan fingerprint density at radius 1 is 0.842 bits per heavy atom. The minimum absolute atomic E-state index is 0.154. The van der Waals surface area contributed by atoms with Crippen molar-refractivity contribution in [2.24, 2.45) is 5.92 Å². The third-order valence-corrected chi connectivity index (χ3v) is 6.54. The highest BCUT2D eigenvalue weighted by Crippen LogP contribution is 2.36. The van der Waals surface area contributed by atoms with Crippen LogP contribution in [0.2, 0.25) is 0 Å². The third kappa shape index (κ3) is 5.54. The summed E-state index contributed by atoms with van der Waals surface area (Å²) >= 11 is 0. The molecule has 200 valence electrons. The number of carbonyl (C=O) groups excluding carboxylic acids is 1. The molecule has 38 heavy (non-hydrogen) atoms. The molecule has 1 aliphatic carbocycles. The SMILES string of the molecule is CCOc1ccc(-c2ccc(C3=CCC(C(=O)Oc4ccc(OCC)c(F)c4F)CC3)c(F)c2)c(C)c1F. The maximum atomic E-state index is 15.1. The van der Waals surface area contributed by atoms with E-state index in [9.17, 15) is 18.0 Å². The second-order valence-corrected chi connectivity index (χ2v) is 8.92. The van der Waals surface area contributed by atoms with Crippen molar-refractivity contribution in [3.63, 3.8) is 0 Å². The van der Waals surface area contributed by atoms with E-state index < -0.39 is 40.9 Å². The Balaban J connectivity index is 1.46. The summed E-state index contributed by atoms with van der Waals surface area (Å²) in [7, 11) is 0. The third-order valence-electron chi connectivity index (χ3n) is 6.54. The molecule has 4 rings (SSSR count). The molecule has 0 aliphatic heterocycles. The van der Waals surface area contributed by atoms with E-state index in [1.54, 1.807) is 45.0 Å². The lowest BCUT2D eigenvalue weighted by Crippen LogP contribution is -2.23. The molecule has 0 radical (unpaired) electrons. The Kier molecular flexibility index (Phi) is 8.39. The number of hydrogen-bond donors (Lipinski definition) is 0. The Bertz CT molecular complexity index is 1380. The minimum atomic E-state index is -1.29. The van der Waals surface area contributed by atoms with E-state index in [2.05, 4.69) is 0 Å². The molecule has 1 aliphatic rings. The van der Waals surface area contributed by atoms with Gasteiger partial charge < -0.3 is 14.2 Å². The molecular weight excluding hydrogens is 500 g/mol. The van der Waals surface area contributed by atoms with Crippen molar-refractivity contribution in [2.75, 3.05) is 13.2 Å². The Morgan fingerprint density at radius 3 is 2.08 bits per heavy atom. The molecule has 0 bridgehead atoms. The summed E-state index contributed by atoms with van der Waals surface area (Å²) in [6.07, 6.45) is 2.77. The molecule has 3 aromatic rings. The molecule has 1 atom stereocenters. The van der Waals surface area contributed by atoms with Gasteiger partial charge in [-0.3, -0.25) is 4.79 Å². The summed E-state index contributed by atoms with van der Waals surface area (Å²) in [5, 5.41) is 0. The van der Waals surface area contributed by atoms with Gasteiger partial charge in [-0.1, -0.05) is 24.3 Å². The van der Waals surface area contributed by atoms with E-state index >= 15 is 4.39 Å². The fraction of sp³-hybridized carbons (Fsp3) is 0.300. The van der Waals surface area contributed by atoms with Gasteiger partial charge in [-0.2, -0.15) is 8.78 Å². The van der Waals surface area contributed by atoms with Gasteiger partial charge in [-0.25, -0.2) is 8.78 Å². The molecule has 0 fully saturated rings. The smallest absolute Gasteiger partial charge is 0.314 e. The lowest BCUT2D eigenvalue weighted by Gasteiger charge is -2.21. The van der Waals surface area contributed by atoms with Gasteiger partial charge >= 0.3 is 5.97 Å². The van der Waals surface area contributed by atoms with Crippen LogP contribution < -0.4 is 14.2 Å². The quantitative estimate of drug-likeness (QED) is 0.170. The number of allylic oxidation sites excluding steroid dienone is 2. The van der Waals surface area contributed by atoms with Crippen molar-refractivity contribution < 1.29 is 36.6 Å². The average Bonchev–Trinajstić information content (AvgIpc) is 2.91.